The fraction of sp³-hybridized carbons (Fsp3) is 0.273. The van der Waals surface area contributed by atoms with E-state index in [2.05, 4.69) is 32.7 Å². The van der Waals surface area contributed by atoms with Gasteiger partial charge in [-0.15, -0.1) is 0 Å². The van der Waals surface area contributed by atoms with Crippen LogP contribution in [0.4, 0.5) is 0 Å². The second-order valence-electron chi connectivity index (χ2n) is 10.9. The molecule has 7 rings (SSSR count). The number of nitrogens with zero attached hydrogens (tertiary/aromatic N) is 5. The van der Waals surface area contributed by atoms with Crippen LogP contribution in [0, 0.1) is 0 Å². The molecular weight excluding hydrogens is 530 g/mol. The monoisotopic (exact) mass is 561 g/mol. The summed E-state index contributed by atoms with van der Waals surface area (Å²) in [4.78, 5) is 28.0. The summed E-state index contributed by atoms with van der Waals surface area (Å²) in [5.74, 6) is 1.86. The molecule has 212 valence electrons. The van der Waals surface area contributed by atoms with Crippen molar-refractivity contribution in [2.24, 2.45) is 0 Å². The molecule has 9 heteroatoms. The van der Waals surface area contributed by atoms with Crippen molar-refractivity contribution in [3.05, 3.63) is 108 Å². The molecule has 2 aromatic carbocycles. The first kappa shape index (κ1) is 26.2. The molecule has 0 saturated carbocycles. The van der Waals surface area contributed by atoms with Crippen molar-refractivity contribution < 1.29 is 19.4 Å². The second kappa shape index (κ2) is 11.3. The van der Waals surface area contributed by atoms with Crippen molar-refractivity contribution in [2.45, 2.75) is 38.5 Å². The molecule has 0 atom stereocenters. The fourth-order valence-corrected chi connectivity index (χ4v) is 5.86. The number of carbonyl (C=O) groups is 1. The number of imidazole rings is 1. The van der Waals surface area contributed by atoms with Gasteiger partial charge in [0.1, 0.15) is 24.8 Å². The van der Waals surface area contributed by atoms with Crippen molar-refractivity contribution in [1.82, 2.24) is 24.4 Å². The summed E-state index contributed by atoms with van der Waals surface area (Å²) in [6, 6.07) is 19.3. The Balaban J connectivity index is 1.02. The summed E-state index contributed by atoms with van der Waals surface area (Å²) >= 11 is 0. The smallest absolute Gasteiger partial charge is 0.335 e. The Morgan fingerprint density at radius 1 is 1.02 bits per heavy atom. The topological polar surface area (TPSA) is 103 Å². The van der Waals surface area contributed by atoms with Crippen LogP contribution in [0.25, 0.3) is 21.8 Å². The van der Waals surface area contributed by atoms with E-state index in [-0.39, 0.29) is 5.56 Å². The highest BCUT2D eigenvalue weighted by molar-refractivity contribution is 5.92. The molecule has 2 aliphatic rings. The Hall–Kier alpha value is -4.76. The van der Waals surface area contributed by atoms with E-state index in [9.17, 15) is 9.90 Å². The number of carboxylic acid groups (broad SMARTS) is 1. The van der Waals surface area contributed by atoms with E-state index in [1.807, 2.05) is 42.7 Å². The number of allylic oxidation sites excluding steroid dienone is 1. The van der Waals surface area contributed by atoms with E-state index in [4.69, 9.17) is 19.4 Å². The van der Waals surface area contributed by atoms with Crippen LogP contribution in [0.15, 0.2) is 84.9 Å². The fourth-order valence-electron chi connectivity index (χ4n) is 5.86. The van der Waals surface area contributed by atoms with Crippen molar-refractivity contribution in [1.29, 1.82) is 0 Å². The molecule has 1 fully saturated rings. The van der Waals surface area contributed by atoms with Crippen LogP contribution < -0.4 is 4.74 Å². The molecule has 3 aromatic heterocycles. The minimum Gasteiger partial charge on any atom is -0.492 e. The maximum atomic E-state index is 11.6. The van der Waals surface area contributed by atoms with Crippen LogP contribution >= 0.6 is 0 Å². The molecule has 5 heterocycles. The number of aromatic nitrogens is 4. The molecule has 1 saturated heterocycles. The van der Waals surface area contributed by atoms with Gasteiger partial charge in [-0.25, -0.2) is 14.8 Å². The second-order valence-corrected chi connectivity index (χ2v) is 10.9. The third kappa shape index (κ3) is 5.31. The summed E-state index contributed by atoms with van der Waals surface area (Å²) in [5, 5.41) is 11.8. The molecule has 9 nitrogen and oxygen atoms in total. The standard InChI is InChI=1S/C33H31N5O4/c39-33(40)23-7-8-29-30(17-23)38(19-26-12-16-41-26)31(35-29)20-37-14-10-22(11-15-37)28-5-2-6-32(36-28)42-21-25-4-1-3-24-18-34-13-9-27(24)25/h1-9,12-13,17-18,22H,10-11,14-16,19-21H2,(H,39,40). The van der Waals surface area contributed by atoms with Crippen LogP contribution in [0.1, 0.15) is 46.2 Å². The molecule has 2 aliphatic heterocycles. The average Bonchev–Trinajstić information content (AvgIpc) is 3.34. The quantitative estimate of drug-likeness (QED) is 0.250. The number of hydrogen-bond acceptors (Lipinski definition) is 7. The lowest BCUT2D eigenvalue weighted by Gasteiger charge is -2.31. The highest BCUT2D eigenvalue weighted by atomic mass is 16.5. The van der Waals surface area contributed by atoms with E-state index in [0.29, 0.717) is 38.1 Å². The van der Waals surface area contributed by atoms with E-state index in [1.165, 1.54) is 0 Å². The van der Waals surface area contributed by atoms with Gasteiger partial charge in [-0.1, -0.05) is 24.3 Å². The minimum atomic E-state index is -0.943. The number of rotatable bonds is 9. The van der Waals surface area contributed by atoms with Gasteiger partial charge in [0.15, 0.2) is 0 Å². The summed E-state index contributed by atoms with van der Waals surface area (Å²) in [6.07, 6.45) is 7.71. The van der Waals surface area contributed by atoms with Gasteiger partial charge < -0.3 is 19.1 Å². The molecule has 0 aliphatic carbocycles. The summed E-state index contributed by atoms with van der Waals surface area (Å²) in [7, 11) is 0. The highest BCUT2D eigenvalue weighted by Gasteiger charge is 2.25. The van der Waals surface area contributed by atoms with Gasteiger partial charge in [0.2, 0.25) is 5.88 Å². The van der Waals surface area contributed by atoms with Crippen molar-refractivity contribution in [2.75, 3.05) is 19.7 Å². The molecule has 0 bridgehead atoms. The van der Waals surface area contributed by atoms with Gasteiger partial charge in [-0.2, -0.15) is 0 Å². The Labute approximate surface area is 243 Å². The Morgan fingerprint density at radius 2 is 1.88 bits per heavy atom. The third-order valence-electron chi connectivity index (χ3n) is 8.23. The summed E-state index contributed by atoms with van der Waals surface area (Å²) < 4.78 is 13.8. The molecule has 0 unspecified atom stereocenters. The molecule has 1 N–H and O–H groups in total. The number of pyridine rings is 2. The molecule has 0 radical (unpaired) electrons. The number of aromatic carboxylic acids is 1. The van der Waals surface area contributed by atoms with Gasteiger partial charge >= 0.3 is 5.97 Å². The lowest BCUT2D eigenvalue weighted by molar-refractivity contribution is 0.0697. The molecule has 0 spiro atoms. The zero-order chi connectivity index (χ0) is 28.5. The van der Waals surface area contributed by atoms with Crippen LogP contribution in [-0.2, 0) is 24.4 Å². The van der Waals surface area contributed by atoms with Crippen LogP contribution in [0.2, 0.25) is 0 Å². The zero-order valence-electron chi connectivity index (χ0n) is 23.1. The van der Waals surface area contributed by atoms with E-state index >= 15 is 0 Å². The summed E-state index contributed by atoms with van der Waals surface area (Å²) in [5.41, 5.74) is 4.05. The van der Waals surface area contributed by atoms with Gasteiger partial charge in [0, 0.05) is 35.5 Å². The first-order valence-electron chi connectivity index (χ1n) is 14.3. The van der Waals surface area contributed by atoms with E-state index in [1.54, 1.807) is 18.2 Å². The molecule has 42 heavy (non-hydrogen) atoms. The first-order chi connectivity index (χ1) is 20.6. The Kier molecular flexibility index (Phi) is 7.01. The molecule has 5 aromatic rings. The van der Waals surface area contributed by atoms with Gasteiger partial charge in [0.05, 0.1) is 29.7 Å². The molecular formula is C33H31N5O4. The number of piperidine rings is 1. The Morgan fingerprint density at radius 3 is 2.69 bits per heavy atom. The normalized spacial score (nSPS) is 15.8. The van der Waals surface area contributed by atoms with Gasteiger partial charge in [0.25, 0.3) is 0 Å². The number of likely N-dealkylation sites (tertiary alicyclic amines) is 1. The van der Waals surface area contributed by atoms with Crippen LogP contribution in [0.5, 0.6) is 5.88 Å². The predicted octanol–water partition coefficient (Wildman–Crippen LogP) is 5.55. The van der Waals surface area contributed by atoms with Crippen molar-refractivity contribution >= 4 is 27.8 Å². The lowest BCUT2D eigenvalue weighted by Crippen LogP contribution is -2.33. The average molecular weight is 562 g/mol. The number of ether oxygens (including phenoxy) is 2. The maximum Gasteiger partial charge on any atom is 0.335 e. The van der Waals surface area contributed by atoms with Gasteiger partial charge in [-0.3, -0.25) is 9.88 Å². The summed E-state index contributed by atoms with van der Waals surface area (Å²) in [6.45, 7) is 4.15. The number of hydrogen-bond donors (Lipinski definition) is 1. The first-order valence-corrected chi connectivity index (χ1v) is 14.3. The van der Waals surface area contributed by atoms with Crippen molar-refractivity contribution in [3.63, 3.8) is 0 Å². The lowest BCUT2D eigenvalue weighted by atomic mass is 9.93. The highest BCUT2D eigenvalue weighted by Crippen LogP contribution is 2.30. The van der Waals surface area contributed by atoms with Crippen LogP contribution in [-0.4, -0.2) is 55.2 Å². The number of fused-ring (bicyclic) bond motifs is 2. The van der Waals surface area contributed by atoms with Gasteiger partial charge in [-0.05, 0) is 73.3 Å². The van der Waals surface area contributed by atoms with E-state index in [0.717, 1.165) is 70.6 Å². The largest absolute Gasteiger partial charge is 0.492 e. The van der Waals surface area contributed by atoms with E-state index < -0.39 is 5.97 Å². The SMILES string of the molecule is O=C(O)c1ccc2nc(CN3CCC(c4cccc(OCc5cccc6cnccc56)n4)CC3)n(CC3=CCO3)c2c1. The van der Waals surface area contributed by atoms with Crippen LogP contribution in [0.3, 0.4) is 0 Å². The number of carboxylic acids is 1. The maximum absolute atomic E-state index is 11.6. The predicted molar refractivity (Wildman–Crippen MR) is 158 cm³/mol. The van der Waals surface area contributed by atoms with Crippen molar-refractivity contribution in [3.8, 4) is 5.88 Å². The third-order valence-corrected chi connectivity index (χ3v) is 8.23. The number of benzene rings is 2. The minimum absolute atomic E-state index is 0.257. The zero-order valence-corrected chi connectivity index (χ0v) is 23.1. The Bertz CT molecular complexity index is 1800. The molecule has 0 amide bonds.